The zero-order valence-electron chi connectivity index (χ0n) is 24.3. The molecule has 25 heteroatoms. The molecule has 2 aliphatic rings. The first-order valence-electron chi connectivity index (χ1n) is 12.8. The molecule has 1 aliphatic heterocycles. The second-order valence-electron chi connectivity index (χ2n) is 11.1. The summed E-state index contributed by atoms with van der Waals surface area (Å²) in [4.78, 5) is 11.5. The van der Waals surface area contributed by atoms with E-state index in [4.69, 9.17) is 9.47 Å². The molecule has 0 bridgehead atoms. The van der Waals surface area contributed by atoms with Crippen molar-refractivity contribution in [3.63, 3.8) is 0 Å². The number of hydrogen-bond acceptors (Lipinski definition) is 25. The van der Waals surface area contributed by atoms with Crippen molar-refractivity contribution in [2.45, 2.75) is 52.7 Å². The number of methoxy groups -OCH3 is 2. The number of aliphatic hydroxyl groups is 14. The van der Waals surface area contributed by atoms with Gasteiger partial charge in [-0.3, -0.25) is 4.79 Å². The third-order valence-corrected chi connectivity index (χ3v) is 8.57. The number of carbonyl (C=O) groups excluding carboxylic acids is 1. The van der Waals surface area contributed by atoms with Crippen LogP contribution in [-0.2, 0) is 12.3 Å². The van der Waals surface area contributed by atoms with Gasteiger partial charge in [0.25, 0.3) is 29.3 Å². The fraction of sp³-hybridized carbons (Fsp3) is 0.458. The van der Waals surface area contributed by atoms with Crippen molar-refractivity contribution in [3.8, 4) is 51.7 Å². The first-order valence-corrected chi connectivity index (χ1v) is 12.8. The van der Waals surface area contributed by atoms with Crippen LogP contribution in [0.4, 0.5) is 0 Å². The van der Waals surface area contributed by atoms with Gasteiger partial charge >= 0.3 is 0 Å². The molecule has 1 unspecified atom stereocenters. The number of piperidine rings is 1. The molecule has 4 rings (SSSR count). The molecule has 1 fully saturated rings. The van der Waals surface area contributed by atoms with Crippen molar-refractivity contribution in [1.29, 1.82) is 0 Å². The van der Waals surface area contributed by atoms with E-state index < -0.39 is 132 Å². The summed E-state index contributed by atoms with van der Waals surface area (Å²) in [6.45, 7) is 0. The summed E-state index contributed by atoms with van der Waals surface area (Å²) in [5.74, 6) is -50.8. The first-order chi connectivity index (χ1) is 21.9. The van der Waals surface area contributed by atoms with Gasteiger partial charge in [-0.2, -0.15) is 0 Å². The van der Waals surface area contributed by atoms with Crippen molar-refractivity contribution in [2.24, 2.45) is 0 Å². The topological polar surface area (TPSA) is 464 Å². The van der Waals surface area contributed by atoms with Crippen molar-refractivity contribution in [1.82, 2.24) is 4.90 Å². The van der Waals surface area contributed by atoms with Crippen LogP contribution in [0, 0.1) is 0 Å². The molecule has 1 aliphatic carbocycles. The highest BCUT2D eigenvalue weighted by molar-refractivity contribution is 6.11. The van der Waals surface area contributed by atoms with E-state index in [1.54, 1.807) is 0 Å². The van der Waals surface area contributed by atoms with E-state index in [9.17, 15) is 112 Å². The minimum Gasteiger partial charge on any atom is -0.504 e. The van der Waals surface area contributed by atoms with E-state index in [1.165, 1.54) is 0 Å². The number of likely N-dealkylation sites (tertiary alicyclic amines) is 1. The maximum absolute atomic E-state index is 13.5. The van der Waals surface area contributed by atoms with Gasteiger partial charge in [-0.25, -0.2) is 0 Å². The zero-order chi connectivity index (χ0) is 38.2. The smallest absolute Gasteiger partial charge is 0.294 e. The van der Waals surface area contributed by atoms with E-state index in [2.05, 4.69) is 0 Å². The average Bonchev–Trinajstić information content (AvgIpc) is 3.26. The minimum absolute atomic E-state index is 0.795. The first kappa shape index (κ1) is 37.5. The monoisotopic (exact) mass is 715 g/mol. The Labute approximate surface area is 268 Å². The molecule has 49 heavy (non-hydrogen) atoms. The number of rotatable bonds is 6. The Kier molecular flexibility index (Phi) is 7.76. The lowest BCUT2D eigenvalue weighted by atomic mass is 9.63. The molecule has 0 spiro atoms. The molecule has 2 aromatic rings. The number of benzene rings is 2. The molecule has 1 atom stereocenters. The summed E-state index contributed by atoms with van der Waals surface area (Å²) in [6.07, 6.45) is -1.85. The number of hydrogen-bond donors (Lipinski definition) is 21. The number of phenolic OH excluding ortho intramolecular Hbond substituents is 7. The SMILES string of the molecule is COc1c(O)c2c(c(O)c1OC)C(=O)C(O)(C(O)(O)C1(O)C(O)(O)C(O)(O)N(C(O)(O)c3c(O)c(O)c(O)c(O)c3O)C(O)(O)C1(O)O)C2. The van der Waals surface area contributed by atoms with Crippen molar-refractivity contribution in [2.75, 3.05) is 14.2 Å². The van der Waals surface area contributed by atoms with E-state index in [-0.39, 0.29) is 0 Å². The van der Waals surface area contributed by atoms with E-state index in [0.717, 1.165) is 14.2 Å². The van der Waals surface area contributed by atoms with Crippen LogP contribution in [0.1, 0.15) is 21.5 Å². The molecule has 21 N–H and O–H groups in total. The molecule has 0 radical (unpaired) electrons. The quantitative estimate of drug-likeness (QED) is 0.0749. The highest BCUT2D eigenvalue weighted by Crippen LogP contribution is 2.63. The third-order valence-electron chi connectivity index (χ3n) is 8.57. The van der Waals surface area contributed by atoms with Gasteiger partial charge in [-0.15, -0.1) is 4.90 Å². The predicted molar refractivity (Wildman–Crippen MR) is 139 cm³/mol. The van der Waals surface area contributed by atoms with Crippen molar-refractivity contribution in [3.05, 3.63) is 16.7 Å². The van der Waals surface area contributed by atoms with Crippen LogP contribution >= 0.6 is 0 Å². The van der Waals surface area contributed by atoms with Crippen molar-refractivity contribution < 1.29 is 122 Å². The van der Waals surface area contributed by atoms with Gasteiger partial charge in [0.1, 0.15) is 5.56 Å². The molecule has 0 amide bonds. The van der Waals surface area contributed by atoms with Gasteiger partial charge in [0, 0.05) is 12.0 Å². The maximum atomic E-state index is 13.5. The Morgan fingerprint density at radius 3 is 1.35 bits per heavy atom. The number of fused-ring (bicyclic) bond motifs is 1. The van der Waals surface area contributed by atoms with Crippen LogP contribution in [0.25, 0.3) is 0 Å². The van der Waals surface area contributed by atoms with Gasteiger partial charge in [-0.1, -0.05) is 0 Å². The summed E-state index contributed by atoms with van der Waals surface area (Å²) in [5, 5.41) is 224. The molecule has 25 nitrogen and oxygen atoms in total. The second-order valence-corrected chi connectivity index (χ2v) is 11.1. The molecular weight excluding hydrogens is 686 g/mol. The van der Waals surface area contributed by atoms with Gasteiger partial charge in [0.2, 0.25) is 45.9 Å². The standard InChI is InChI=1S/C24H29NO24/c1-48-14-7(26)4-3-17(34,16(33)5(4)8(27)15(14)49-2)20(38,39)19(37)21(40,41)23(44,45)25(24(46,47)22(19,42)43)18(35,36)6-9(28)11(30)13(32)12(31)10(6)29/h26-32,34-47H,3H2,1-2H3. The number of carbonyl (C=O) groups is 1. The van der Waals surface area contributed by atoms with Crippen LogP contribution in [0.3, 0.4) is 0 Å². The molecule has 1 heterocycles. The Balaban J connectivity index is 2.04. The number of nitrogens with zero attached hydrogens (tertiary/aromatic N) is 1. The minimum atomic E-state index is -5.89. The summed E-state index contributed by atoms with van der Waals surface area (Å²) >= 11 is 0. The van der Waals surface area contributed by atoms with Crippen LogP contribution in [-0.4, -0.2) is 173 Å². The number of phenols is 7. The molecular formula is C24H29NO24. The third kappa shape index (κ3) is 3.84. The fourth-order valence-electron chi connectivity index (χ4n) is 5.94. The number of ketones is 1. The lowest BCUT2D eigenvalue weighted by Gasteiger charge is -2.67. The van der Waals surface area contributed by atoms with E-state index >= 15 is 0 Å². The van der Waals surface area contributed by atoms with Crippen LogP contribution in [0.5, 0.6) is 51.7 Å². The van der Waals surface area contributed by atoms with Crippen LogP contribution < -0.4 is 9.47 Å². The van der Waals surface area contributed by atoms with Gasteiger partial charge in [-0.05, 0) is 0 Å². The maximum Gasteiger partial charge on any atom is 0.294 e. The van der Waals surface area contributed by atoms with Crippen molar-refractivity contribution >= 4 is 5.78 Å². The van der Waals surface area contributed by atoms with Gasteiger partial charge in [0.05, 0.1) is 19.8 Å². The normalized spacial score (nSPS) is 24.0. The Morgan fingerprint density at radius 2 is 0.959 bits per heavy atom. The van der Waals surface area contributed by atoms with E-state index in [0.29, 0.717) is 0 Å². The molecule has 0 saturated carbocycles. The van der Waals surface area contributed by atoms with Gasteiger partial charge < -0.3 is 117 Å². The number of ether oxygens (including phenoxy) is 2. The lowest BCUT2D eigenvalue weighted by Crippen LogP contribution is -3.00. The summed E-state index contributed by atoms with van der Waals surface area (Å²) in [6, 6.07) is 0. The highest BCUT2D eigenvalue weighted by Gasteiger charge is 2.94. The van der Waals surface area contributed by atoms with E-state index in [1.807, 2.05) is 0 Å². The largest absolute Gasteiger partial charge is 0.504 e. The molecule has 2 aromatic carbocycles. The van der Waals surface area contributed by atoms with Gasteiger partial charge in [0.15, 0.2) is 28.6 Å². The predicted octanol–water partition coefficient (Wildman–Crippen LogP) is -8.73. The number of Topliss-reactive ketones (excluding diaryl/α,β-unsaturated/α-hetero) is 1. The highest BCUT2D eigenvalue weighted by atomic mass is 16.7. The summed E-state index contributed by atoms with van der Waals surface area (Å²) in [5.41, 5.74) is -15.1. The molecule has 274 valence electrons. The molecule has 1 saturated heterocycles. The van der Waals surface area contributed by atoms with Crippen LogP contribution in [0.2, 0.25) is 0 Å². The average molecular weight is 715 g/mol. The lowest BCUT2D eigenvalue weighted by molar-refractivity contribution is -0.648. The second kappa shape index (κ2) is 10.1. The Bertz CT molecular complexity index is 1710. The summed E-state index contributed by atoms with van der Waals surface area (Å²) in [7, 11) is 1.72. The summed E-state index contributed by atoms with van der Waals surface area (Å²) < 4.78 is 9.59. The zero-order valence-corrected chi connectivity index (χ0v) is 24.3. The Morgan fingerprint density at radius 1 is 0.592 bits per heavy atom. The fourth-order valence-corrected chi connectivity index (χ4v) is 5.94. The van der Waals surface area contributed by atoms with Crippen LogP contribution in [0.15, 0.2) is 0 Å². The Hall–Kier alpha value is -4.29. The molecule has 0 aromatic heterocycles. The number of aromatic hydroxyl groups is 7.